The van der Waals surface area contributed by atoms with Crippen LogP contribution in [0.4, 0.5) is 0 Å². The Labute approximate surface area is 199 Å². The highest BCUT2D eigenvalue weighted by molar-refractivity contribution is 7.16. The lowest BCUT2D eigenvalue weighted by Crippen LogP contribution is -2.21. The Kier molecular flexibility index (Phi) is 5.76. The van der Waals surface area contributed by atoms with Gasteiger partial charge in [-0.2, -0.15) is 5.10 Å². The van der Waals surface area contributed by atoms with Crippen LogP contribution in [0.2, 0.25) is 0 Å². The number of nitrogens with one attached hydrogen (secondary N) is 1. The van der Waals surface area contributed by atoms with Gasteiger partial charge in [0.1, 0.15) is 5.56 Å². The molecule has 10 heteroatoms. The van der Waals surface area contributed by atoms with E-state index in [9.17, 15) is 9.59 Å². The van der Waals surface area contributed by atoms with Crippen molar-refractivity contribution in [2.75, 3.05) is 6.61 Å². The Morgan fingerprint density at radius 1 is 1.21 bits per heavy atom. The lowest BCUT2D eigenvalue weighted by molar-refractivity contribution is 0.0525. The van der Waals surface area contributed by atoms with E-state index >= 15 is 0 Å². The molecule has 0 fully saturated rings. The van der Waals surface area contributed by atoms with E-state index in [1.54, 1.807) is 40.6 Å². The summed E-state index contributed by atoms with van der Waals surface area (Å²) in [5.74, 6) is -0.448. The Morgan fingerprint density at radius 2 is 2.03 bits per heavy atom. The third kappa shape index (κ3) is 3.91. The molecule has 0 bridgehead atoms. The summed E-state index contributed by atoms with van der Waals surface area (Å²) >= 11 is 1.64. The number of para-hydroxylation sites is 1. The van der Waals surface area contributed by atoms with E-state index in [1.807, 2.05) is 41.1 Å². The number of hydrogen-bond donors (Lipinski definition) is 1. The number of nitrogens with zero attached hydrogens (tertiary/aromatic N) is 5. The Morgan fingerprint density at radius 3 is 2.82 bits per heavy atom. The molecule has 0 aliphatic heterocycles. The van der Waals surface area contributed by atoms with Gasteiger partial charge >= 0.3 is 5.97 Å². The zero-order valence-electron chi connectivity index (χ0n) is 19.1. The molecule has 5 aromatic rings. The molecule has 0 aliphatic rings. The smallest absolute Gasteiger partial charge is 0.341 e. The Balaban J connectivity index is 1.52. The summed E-state index contributed by atoms with van der Waals surface area (Å²) in [6.45, 7) is 4.92. The van der Waals surface area contributed by atoms with Gasteiger partial charge in [-0.1, -0.05) is 18.2 Å². The van der Waals surface area contributed by atoms with E-state index in [1.165, 1.54) is 11.1 Å². The quantitative estimate of drug-likeness (QED) is 0.363. The van der Waals surface area contributed by atoms with Gasteiger partial charge < -0.3 is 14.6 Å². The number of aromatic nitrogens is 5. The Bertz CT molecular complexity index is 1540. The van der Waals surface area contributed by atoms with Gasteiger partial charge in [-0.3, -0.25) is 9.20 Å². The van der Waals surface area contributed by atoms with Gasteiger partial charge in [-0.25, -0.2) is 14.5 Å². The lowest BCUT2D eigenvalue weighted by Gasteiger charge is -2.14. The van der Waals surface area contributed by atoms with Crippen molar-refractivity contribution >= 4 is 33.2 Å². The zero-order chi connectivity index (χ0) is 23.8. The fourth-order valence-electron chi connectivity index (χ4n) is 4.05. The van der Waals surface area contributed by atoms with E-state index in [2.05, 4.69) is 22.3 Å². The van der Waals surface area contributed by atoms with Gasteiger partial charge in [-0.05, 0) is 19.9 Å². The molecule has 0 atom stereocenters. The molecule has 1 aromatic carbocycles. The van der Waals surface area contributed by atoms with Gasteiger partial charge in [0.2, 0.25) is 0 Å². The third-order valence-corrected chi connectivity index (χ3v) is 6.56. The first-order chi connectivity index (χ1) is 16.5. The van der Waals surface area contributed by atoms with Crippen LogP contribution in [0.5, 0.6) is 0 Å². The van der Waals surface area contributed by atoms with Crippen molar-refractivity contribution in [1.82, 2.24) is 29.0 Å². The number of carbonyl (C=O) groups is 1. The number of esters is 1. The number of hydrogen-bond acceptors (Lipinski definition) is 7. The summed E-state index contributed by atoms with van der Waals surface area (Å²) in [7, 11) is 1.74. The molecule has 0 spiro atoms. The molecule has 0 aliphatic carbocycles. The van der Waals surface area contributed by atoms with E-state index in [-0.39, 0.29) is 12.2 Å². The number of rotatable bonds is 7. The van der Waals surface area contributed by atoms with Gasteiger partial charge in [0.15, 0.2) is 4.96 Å². The third-order valence-electron chi connectivity index (χ3n) is 5.64. The zero-order valence-corrected chi connectivity index (χ0v) is 19.9. The SMILES string of the molecule is CCOC(=O)c1cnn(-c2cc(=O)n(C)c3ccccc23)c1CNCc1cn2cc(C)sc2n1. The number of pyridine rings is 1. The van der Waals surface area contributed by atoms with Crippen LogP contribution in [0.15, 0.2) is 53.7 Å². The van der Waals surface area contributed by atoms with E-state index in [0.29, 0.717) is 30.0 Å². The van der Waals surface area contributed by atoms with Gasteiger partial charge in [-0.15, -0.1) is 11.3 Å². The van der Waals surface area contributed by atoms with Crippen LogP contribution in [-0.2, 0) is 24.9 Å². The number of fused-ring (bicyclic) bond motifs is 2. The van der Waals surface area contributed by atoms with Crippen LogP contribution in [0.1, 0.15) is 33.5 Å². The average Bonchev–Trinajstić information content (AvgIpc) is 3.49. The molecule has 174 valence electrons. The second-order valence-electron chi connectivity index (χ2n) is 7.95. The van der Waals surface area contributed by atoms with Gasteiger partial charge in [0, 0.05) is 48.9 Å². The highest BCUT2D eigenvalue weighted by atomic mass is 32.1. The molecule has 4 heterocycles. The number of aryl methyl sites for hydroxylation is 2. The number of carbonyl (C=O) groups excluding carboxylic acids is 1. The highest BCUT2D eigenvalue weighted by Crippen LogP contribution is 2.23. The van der Waals surface area contributed by atoms with E-state index in [0.717, 1.165) is 21.6 Å². The van der Waals surface area contributed by atoms with Crippen molar-refractivity contribution < 1.29 is 9.53 Å². The highest BCUT2D eigenvalue weighted by Gasteiger charge is 2.21. The first-order valence-corrected chi connectivity index (χ1v) is 11.8. The molecular weight excluding hydrogens is 452 g/mol. The summed E-state index contributed by atoms with van der Waals surface area (Å²) in [4.78, 5) is 32.1. The predicted octanol–water partition coefficient (Wildman–Crippen LogP) is 3.21. The van der Waals surface area contributed by atoms with E-state index < -0.39 is 5.97 Å². The molecular formula is C24H24N6O3S. The molecule has 0 amide bonds. The van der Waals surface area contributed by atoms with Crippen LogP contribution in [0.25, 0.3) is 21.6 Å². The minimum absolute atomic E-state index is 0.158. The molecule has 9 nitrogen and oxygen atoms in total. The minimum Gasteiger partial charge on any atom is -0.462 e. The van der Waals surface area contributed by atoms with Gasteiger partial charge in [0.25, 0.3) is 5.56 Å². The first kappa shape index (κ1) is 22.1. The standard InChI is InChI=1S/C24H24N6O3S/c1-4-33-23(32)18-11-26-30(20-9-22(31)28(3)19-8-6-5-7-17(19)20)21(18)12-25-10-16-14-29-13-15(2)34-24(29)27-16/h5-9,11,13-14,25H,4,10,12H2,1-3H3. The molecule has 4 aromatic heterocycles. The monoisotopic (exact) mass is 476 g/mol. The maximum absolute atomic E-state index is 12.7. The van der Waals surface area contributed by atoms with Crippen molar-refractivity contribution in [3.8, 4) is 5.69 Å². The van der Waals surface area contributed by atoms with Crippen LogP contribution >= 0.6 is 11.3 Å². The maximum atomic E-state index is 12.7. The van der Waals surface area contributed by atoms with Crippen molar-refractivity contribution in [3.63, 3.8) is 0 Å². The molecule has 0 unspecified atom stereocenters. The fraction of sp³-hybridized carbons (Fsp3) is 0.250. The minimum atomic E-state index is -0.448. The number of benzene rings is 1. The second kappa shape index (κ2) is 8.88. The van der Waals surface area contributed by atoms with Crippen molar-refractivity contribution in [3.05, 3.63) is 81.1 Å². The average molecular weight is 477 g/mol. The fourth-order valence-corrected chi connectivity index (χ4v) is 4.88. The number of ether oxygens (including phenoxy) is 1. The summed E-state index contributed by atoms with van der Waals surface area (Å²) < 4.78 is 10.5. The molecule has 0 saturated heterocycles. The molecule has 0 radical (unpaired) electrons. The number of thiazole rings is 1. The topological polar surface area (TPSA) is 95.5 Å². The number of imidazole rings is 1. The normalized spacial score (nSPS) is 11.5. The van der Waals surface area contributed by atoms with Crippen LogP contribution < -0.4 is 10.9 Å². The summed E-state index contributed by atoms with van der Waals surface area (Å²) in [5, 5.41) is 8.71. The molecule has 0 saturated carbocycles. The largest absolute Gasteiger partial charge is 0.462 e. The van der Waals surface area contributed by atoms with Crippen molar-refractivity contribution in [2.45, 2.75) is 26.9 Å². The van der Waals surface area contributed by atoms with Crippen LogP contribution in [-0.4, -0.2) is 36.3 Å². The molecule has 5 rings (SSSR count). The van der Waals surface area contributed by atoms with E-state index in [4.69, 9.17) is 4.74 Å². The van der Waals surface area contributed by atoms with Crippen LogP contribution in [0.3, 0.4) is 0 Å². The van der Waals surface area contributed by atoms with Gasteiger partial charge in [0.05, 0.1) is 35.4 Å². The first-order valence-electron chi connectivity index (χ1n) is 10.9. The predicted molar refractivity (Wildman–Crippen MR) is 131 cm³/mol. The summed E-state index contributed by atoms with van der Waals surface area (Å²) in [6, 6.07) is 9.17. The van der Waals surface area contributed by atoms with Crippen LogP contribution in [0, 0.1) is 6.92 Å². The molecule has 34 heavy (non-hydrogen) atoms. The Hall–Kier alpha value is -3.76. The maximum Gasteiger partial charge on any atom is 0.341 e. The summed E-state index contributed by atoms with van der Waals surface area (Å²) in [5.41, 5.74) is 3.12. The van der Waals surface area contributed by atoms with Crippen molar-refractivity contribution in [2.24, 2.45) is 7.05 Å². The summed E-state index contributed by atoms with van der Waals surface area (Å²) in [6.07, 6.45) is 5.53. The second-order valence-corrected chi connectivity index (χ2v) is 9.16. The van der Waals surface area contributed by atoms with Crippen molar-refractivity contribution in [1.29, 1.82) is 0 Å². The lowest BCUT2D eigenvalue weighted by atomic mass is 10.1. The molecule has 1 N–H and O–H groups in total.